The molecule has 2 saturated heterocycles. The van der Waals surface area contributed by atoms with Crippen molar-refractivity contribution in [1.82, 2.24) is 20.0 Å². The third-order valence-electron chi connectivity index (χ3n) is 8.02. The number of amides is 2. The molecule has 0 aliphatic carbocycles. The highest BCUT2D eigenvalue weighted by molar-refractivity contribution is 5.83. The van der Waals surface area contributed by atoms with Gasteiger partial charge >= 0.3 is 24.5 Å². The third-order valence-corrected chi connectivity index (χ3v) is 8.02. The zero-order chi connectivity index (χ0) is 47.0. The monoisotopic (exact) mass is 883 g/mol. The zero-order valence-corrected chi connectivity index (χ0v) is 37.4. The van der Waals surface area contributed by atoms with E-state index in [0.717, 1.165) is 82.9 Å². The van der Waals surface area contributed by atoms with Crippen molar-refractivity contribution in [2.45, 2.75) is 99.3 Å². The van der Waals surface area contributed by atoms with Crippen LogP contribution < -0.4 is 16.8 Å². The van der Waals surface area contributed by atoms with Crippen LogP contribution in [0, 0.1) is 0 Å². The van der Waals surface area contributed by atoms with E-state index in [4.69, 9.17) is 30.4 Å². The Morgan fingerprint density at radius 3 is 1.36 bits per heavy atom. The van der Waals surface area contributed by atoms with E-state index >= 15 is 0 Å². The lowest BCUT2D eigenvalue weighted by molar-refractivity contribution is -0.138. The van der Waals surface area contributed by atoms with Crippen LogP contribution in [0.25, 0.3) is 0 Å². The predicted octanol–water partition coefficient (Wildman–Crippen LogP) is 8.35. The quantitative estimate of drug-likeness (QED) is 0.139. The Morgan fingerprint density at radius 2 is 1.03 bits per heavy atom. The van der Waals surface area contributed by atoms with Gasteiger partial charge in [-0.2, -0.15) is 26.3 Å². The summed E-state index contributed by atoms with van der Waals surface area (Å²) in [7, 11) is 0. The Balaban J connectivity index is 0.000000844. The number of rotatable bonds is 7. The van der Waals surface area contributed by atoms with Crippen LogP contribution in [0.1, 0.15) is 96.3 Å². The van der Waals surface area contributed by atoms with Crippen LogP contribution in [0.15, 0.2) is 36.4 Å². The van der Waals surface area contributed by atoms with Crippen molar-refractivity contribution in [1.29, 1.82) is 0 Å². The molecule has 0 saturated carbocycles. The second-order valence-corrected chi connectivity index (χ2v) is 15.4. The van der Waals surface area contributed by atoms with Gasteiger partial charge in [-0.1, -0.05) is 6.07 Å². The fourth-order valence-electron chi connectivity index (χ4n) is 5.01. The molecular weight excluding hydrogens is 814 g/mol. The van der Waals surface area contributed by atoms with Gasteiger partial charge in [0.05, 0.1) is 11.1 Å². The molecule has 0 bridgehead atoms. The number of aldehydes is 1. The van der Waals surface area contributed by atoms with E-state index in [1.807, 2.05) is 69.2 Å². The van der Waals surface area contributed by atoms with Crippen molar-refractivity contribution in [2.24, 2.45) is 0 Å². The van der Waals surface area contributed by atoms with Crippen molar-refractivity contribution in [3.63, 3.8) is 0 Å². The average molecular weight is 883 g/mol. The number of halogens is 6. The second kappa shape index (κ2) is 27.6. The molecule has 0 atom stereocenters. The van der Waals surface area contributed by atoms with Gasteiger partial charge in [-0.25, -0.2) is 9.59 Å². The summed E-state index contributed by atoms with van der Waals surface area (Å²) in [6, 6.07) is 6.03. The van der Waals surface area contributed by atoms with Gasteiger partial charge in [0.2, 0.25) is 0 Å². The summed E-state index contributed by atoms with van der Waals surface area (Å²) in [5, 5.41) is 3.18. The van der Waals surface area contributed by atoms with E-state index in [2.05, 4.69) is 10.2 Å². The molecule has 61 heavy (non-hydrogen) atoms. The molecule has 2 aliphatic heterocycles. The van der Waals surface area contributed by atoms with Crippen LogP contribution in [0.4, 0.5) is 47.3 Å². The number of benzene rings is 2. The maximum absolute atomic E-state index is 12.7. The van der Waals surface area contributed by atoms with E-state index < -0.39 is 29.1 Å². The molecule has 2 aliphatic rings. The van der Waals surface area contributed by atoms with Crippen LogP contribution in [0.5, 0.6) is 0 Å². The van der Waals surface area contributed by atoms with Crippen LogP contribution in [0.3, 0.4) is 0 Å². The van der Waals surface area contributed by atoms with Crippen molar-refractivity contribution in [3.8, 4) is 0 Å². The van der Waals surface area contributed by atoms with Crippen LogP contribution in [-0.2, 0) is 37.8 Å². The lowest BCUT2D eigenvalue weighted by atomic mass is 10.1. The van der Waals surface area contributed by atoms with Gasteiger partial charge < -0.3 is 45.5 Å². The summed E-state index contributed by atoms with van der Waals surface area (Å²) < 4.78 is 94.5. The molecule has 350 valence electrons. The van der Waals surface area contributed by atoms with Crippen molar-refractivity contribution in [3.05, 3.63) is 58.7 Å². The van der Waals surface area contributed by atoms with E-state index in [-0.39, 0.29) is 34.7 Å². The molecule has 2 fully saturated rings. The van der Waals surface area contributed by atoms with Gasteiger partial charge in [0.15, 0.2) is 6.29 Å². The topological polar surface area (TPSA) is 162 Å². The highest BCUT2D eigenvalue weighted by Gasteiger charge is 2.32. The van der Waals surface area contributed by atoms with Gasteiger partial charge in [0, 0.05) is 102 Å². The van der Waals surface area contributed by atoms with Gasteiger partial charge in [0.25, 0.3) is 0 Å². The van der Waals surface area contributed by atoms with Crippen molar-refractivity contribution in [2.75, 3.05) is 90.3 Å². The molecule has 0 unspecified atom stereocenters. The van der Waals surface area contributed by atoms with Gasteiger partial charge in [-0.3, -0.25) is 9.69 Å². The van der Waals surface area contributed by atoms with Gasteiger partial charge in [-0.15, -0.1) is 0 Å². The first kappa shape index (κ1) is 56.7. The average Bonchev–Trinajstić information content (AvgIpc) is 3.16. The van der Waals surface area contributed by atoms with Crippen LogP contribution in [0.2, 0.25) is 0 Å². The molecule has 5 N–H and O–H groups in total. The minimum Gasteiger partial charge on any atom is -0.444 e. The molecule has 2 aromatic carbocycles. The Labute approximate surface area is 357 Å². The Morgan fingerprint density at radius 1 is 0.639 bits per heavy atom. The normalized spacial score (nSPS) is 14.6. The van der Waals surface area contributed by atoms with Gasteiger partial charge in [-0.05, 0) is 105 Å². The molecule has 2 amide bonds. The predicted molar refractivity (Wildman–Crippen MR) is 225 cm³/mol. The summed E-state index contributed by atoms with van der Waals surface area (Å²) in [5.74, 6) is 0. The maximum atomic E-state index is 12.7. The Bertz CT molecular complexity index is 1560. The molecule has 2 heterocycles. The van der Waals surface area contributed by atoms with Crippen molar-refractivity contribution >= 4 is 29.8 Å². The molecular formula is C42H68F6N6O7. The second-order valence-electron chi connectivity index (χ2n) is 15.4. The number of nitrogens with zero attached hydrogens (tertiary/aromatic N) is 3. The third kappa shape index (κ3) is 25.3. The number of carbonyl (C=O) groups excluding carboxylic acids is 3. The summed E-state index contributed by atoms with van der Waals surface area (Å²) in [4.78, 5) is 39.2. The summed E-state index contributed by atoms with van der Waals surface area (Å²) >= 11 is 0. The Hall–Kier alpha value is -4.33. The van der Waals surface area contributed by atoms with E-state index in [1.54, 1.807) is 9.80 Å². The molecule has 4 rings (SSSR count). The summed E-state index contributed by atoms with van der Waals surface area (Å²) in [6.07, 6.45) is -8.95. The SMILES string of the molecule is CC(C)(C)OC(=O)N1CCN(Cc2ccc(C(F)(F)F)cc2N)CC1.CC(C)(C)OC(=O)N1CCNCC1.CCOCC.CCOCC.Nc1cc(C(F)(F)F)ccc1C=O. The van der Waals surface area contributed by atoms with E-state index in [9.17, 15) is 40.7 Å². The largest absolute Gasteiger partial charge is 0.444 e. The summed E-state index contributed by atoms with van der Waals surface area (Å²) in [6.45, 7) is 28.3. The number of hydrogen-bond donors (Lipinski definition) is 3. The minimum atomic E-state index is -4.42. The fourth-order valence-corrected chi connectivity index (χ4v) is 5.01. The number of nitrogens with two attached hydrogens (primary N) is 2. The van der Waals surface area contributed by atoms with Crippen LogP contribution >= 0.6 is 0 Å². The summed E-state index contributed by atoms with van der Waals surface area (Å²) in [5.41, 5.74) is 9.12. The first-order chi connectivity index (χ1) is 28.2. The van der Waals surface area contributed by atoms with E-state index in [0.29, 0.717) is 44.6 Å². The van der Waals surface area contributed by atoms with Crippen molar-refractivity contribution < 1.29 is 59.7 Å². The number of anilines is 2. The Kier molecular flexibility index (Phi) is 25.6. The van der Waals surface area contributed by atoms with Crippen LogP contribution in [-0.4, -0.2) is 123 Å². The lowest BCUT2D eigenvalue weighted by Crippen LogP contribution is -2.49. The molecule has 0 spiro atoms. The number of nitrogens with one attached hydrogen (secondary N) is 1. The number of piperazine rings is 2. The first-order valence-electron chi connectivity index (χ1n) is 20.1. The number of hydrogen-bond acceptors (Lipinski definition) is 11. The number of alkyl halides is 6. The molecule has 2 aromatic rings. The molecule has 0 aromatic heterocycles. The fraction of sp³-hybridized carbons (Fsp3) is 0.643. The highest BCUT2D eigenvalue weighted by atomic mass is 19.4. The lowest BCUT2D eigenvalue weighted by Gasteiger charge is -2.35. The molecule has 19 heteroatoms. The van der Waals surface area contributed by atoms with Gasteiger partial charge in [0.1, 0.15) is 11.2 Å². The highest BCUT2D eigenvalue weighted by Crippen LogP contribution is 2.32. The zero-order valence-electron chi connectivity index (χ0n) is 37.4. The number of carbonyl (C=O) groups is 3. The minimum absolute atomic E-state index is 0.0630. The molecule has 0 radical (unpaired) electrons. The number of ether oxygens (including phenoxy) is 4. The standard InChI is InChI=1S/C17H24F3N3O2.C9H18N2O2.C8H6F3NO.2C4H10O/c1-16(2,3)25-15(24)23-8-6-22(7-9-23)11-12-4-5-13(10-14(12)21)17(18,19)20;1-9(2,3)13-8(12)11-6-4-10-5-7-11;9-8(10,11)6-2-1-5(4-13)7(12)3-6;2*1-3-5-4-2/h4-5,10H,6-9,11,21H2,1-3H3;10H,4-7H2,1-3H3;1-4H,12H2;2*3-4H2,1-2H3. The smallest absolute Gasteiger partial charge is 0.416 e. The molecule has 13 nitrogen and oxygen atoms in total. The number of nitrogen functional groups attached to an aromatic ring is 2. The first-order valence-corrected chi connectivity index (χ1v) is 20.1. The maximum Gasteiger partial charge on any atom is 0.416 e. The van der Waals surface area contributed by atoms with E-state index in [1.165, 1.54) is 6.07 Å².